The molecule has 0 aromatic heterocycles. The lowest BCUT2D eigenvalue weighted by atomic mass is 10.1. The minimum Gasteiger partial charge on any atom is -0.449 e. The minimum absolute atomic E-state index is 0.0866. The second kappa shape index (κ2) is 8.94. The summed E-state index contributed by atoms with van der Waals surface area (Å²) in [7, 11) is -3.36. The smallest absolute Gasteiger partial charge is 0.338 e. The molecule has 2 atom stereocenters. The second-order valence-electron chi connectivity index (χ2n) is 6.24. The van der Waals surface area contributed by atoms with E-state index < -0.39 is 33.9 Å². The Morgan fingerprint density at radius 2 is 1.64 bits per heavy atom. The first-order valence-electron chi connectivity index (χ1n) is 8.25. The number of benzene rings is 2. The molecular formula is C19H19Cl2NO5S. The molecule has 0 unspecified atom stereocenters. The summed E-state index contributed by atoms with van der Waals surface area (Å²) in [5.74, 6) is -1.24. The standard InChI is InChI=1S/C19H19Cl2NO5S/c1-11(16-9-6-14(20)10-17(16)21)22-18(23)12(2)27-19(24)13-4-7-15(8-5-13)28(3,25)26/h4-12H,1-3H3,(H,22,23)/t11-,12+/m0/s1. The number of sulfone groups is 1. The molecule has 150 valence electrons. The molecule has 0 fully saturated rings. The van der Waals surface area contributed by atoms with Gasteiger partial charge in [0.05, 0.1) is 16.5 Å². The summed E-state index contributed by atoms with van der Waals surface area (Å²) in [5.41, 5.74) is 0.815. The third kappa shape index (κ3) is 5.70. The summed E-state index contributed by atoms with van der Waals surface area (Å²) >= 11 is 12.0. The summed E-state index contributed by atoms with van der Waals surface area (Å²) in [6.07, 6.45) is 0.0107. The summed E-state index contributed by atoms with van der Waals surface area (Å²) in [5, 5.41) is 3.61. The van der Waals surface area contributed by atoms with Crippen LogP contribution < -0.4 is 5.32 Å². The summed E-state index contributed by atoms with van der Waals surface area (Å²) in [6, 6.07) is 9.80. The number of rotatable bonds is 6. The van der Waals surface area contributed by atoms with Crippen molar-refractivity contribution < 1.29 is 22.7 Å². The quantitative estimate of drug-likeness (QED) is 0.685. The lowest BCUT2D eigenvalue weighted by Gasteiger charge is -2.19. The fraction of sp³-hybridized carbons (Fsp3) is 0.263. The van der Waals surface area contributed by atoms with Gasteiger partial charge in [-0.25, -0.2) is 13.2 Å². The molecule has 0 aliphatic carbocycles. The van der Waals surface area contributed by atoms with Crippen molar-refractivity contribution >= 4 is 44.9 Å². The maximum Gasteiger partial charge on any atom is 0.338 e. The van der Waals surface area contributed by atoms with Gasteiger partial charge in [0.25, 0.3) is 5.91 Å². The molecular weight excluding hydrogens is 425 g/mol. The highest BCUT2D eigenvalue weighted by molar-refractivity contribution is 7.90. The maximum atomic E-state index is 12.3. The lowest BCUT2D eigenvalue weighted by molar-refractivity contribution is -0.129. The van der Waals surface area contributed by atoms with Gasteiger partial charge in [0.15, 0.2) is 15.9 Å². The predicted octanol–water partition coefficient (Wildman–Crippen LogP) is 3.82. The highest BCUT2D eigenvalue weighted by Gasteiger charge is 2.22. The van der Waals surface area contributed by atoms with Crippen molar-refractivity contribution in [3.63, 3.8) is 0 Å². The molecule has 9 heteroatoms. The molecule has 0 spiro atoms. The molecule has 0 aliphatic rings. The summed E-state index contributed by atoms with van der Waals surface area (Å²) in [4.78, 5) is 24.6. The molecule has 2 aromatic rings. The van der Waals surface area contributed by atoms with Crippen LogP contribution in [0.1, 0.15) is 35.8 Å². The Bertz CT molecular complexity index is 990. The second-order valence-corrected chi connectivity index (χ2v) is 9.10. The van der Waals surface area contributed by atoms with Crippen LogP contribution in [0.3, 0.4) is 0 Å². The highest BCUT2D eigenvalue weighted by atomic mass is 35.5. The fourth-order valence-corrected chi connectivity index (χ4v) is 3.58. The van der Waals surface area contributed by atoms with Gasteiger partial charge < -0.3 is 10.1 Å². The predicted molar refractivity (Wildman–Crippen MR) is 107 cm³/mol. The van der Waals surface area contributed by atoms with Crippen molar-refractivity contribution in [3.05, 3.63) is 63.6 Å². The van der Waals surface area contributed by atoms with Crippen molar-refractivity contribution in [1.29, 1.82) is 0 Å². The van der Waals surface area contributed by atoms with Gasteiger partial charge in [-0.05, 0) is 55.8 Å². The number of esters is 1. The van der Waals surface area contributed by atoms with Gasteiger partial charge in [-0.1, -0.05) is 29.3 Å². The van der Waals surface area contributed by atoms with Crippen molar-refractivity contribution in [1.82, 2.24) is 5.32 Å². The number of hydrogen-bond donors (Lipinski definition) is 1. The average molecular weight is 444 g/mol. The Labute approximate surface area is 173 Å². The van der Waals surface area contributed by atoms with E-state index in [2.05, 4.69) is 5.32 Å². The Balaban J connectivity index is 2.00. The van der Waals surface area contributed by atoms with E-state index in [1.54, 1.807) is 25.1 Å². The van der Waals surface area contributed by atoms with Crippen LogP contribution in [-0.4, -0.2) is 32.7 Å². The van der Waals surface area contributed by atoms with Gasteiger partial charge in [0.2, 0.25) is 0 Å². The third-order valence-electron chi connectivity index (χ3n) is 3.96. The molecule has 2 aromatic carbocycles. The lowest BCUT2D eigenvalue weighted by Crippen LogP contribution is -2.37. The average Bonchev–Trinajstić information content (AvgIpc) is 2.60. The fourth-order valence-electron chi connectivity index (χ4n) is 2.38. The number of ether oxygens (including phenoxy) is 1. The number of amides is 1. The molecule has 0 aliphatic heterocycles. The largest absolute Gasteiger partial charge is 0.449 e. The van der Waals surface area contributed by atoms with Crippen LogP contribution in [0, 0.1) is 0 Å². The molecule has 0 saturated carbocycles. The van der Waals surface area contributed by atoms with E-state index in [-0.39, 0.29) is 10.5 Å². The zero-order valence-corrected chi connectivity index (χ0v) is 17.7. The third-order valence-corrected chi connectivity index (χ3v) is 5.65. The molecule has 2 rings (SSSR count). The Morgan fingerprint density at radius 1 is 1.04 bits per heavy atom. The Hall–Kier alpha value is -2.09. The zero-order valence-electron chi connectivity index (χ0n) is 15.4. The first-order valence-corrected chi connectivity index (χ1v) is 10.9. The van der Waals surface area contributed by atoms with Gasteiger partial charge in [0.1, 0.15) is 0 Å². The Kier molecular flexibility index (Phi) is 7.09. The van der Waals surface area contributed by atoms with E-state index in [4.69, 9.17) is 27.9 Å². The van der Waals surface area contributed by atoms with Gasteiger partial charge >= 0.3 is 5.97 Å². The van der Waals surface area contributed by atoms with Crippen LogP contribution in [0.15, 0.2) is 47.4 Å². The number of carbonyl (C=O) groups excluding carboxylic acids is 2. The van der Waals surface area contributed by atoms with E-state index >= 15 is 0 Å². The normalized spacial score (nSPS) is 13.5. The van der Waals surface area contributed by atoms with Gasteiger partial charge in [0, 0.05) is 16.3 Å². The monoisotopic (exact) mass is 443 g/mol. The molecule has 0 bridgehead atoms. The van der Waals surface area contributed by atoms with Crippen LogP contribution in [0.2, 0.25) is 10.0 Å². The van der Waals surface area contributed by atoms with E-state index in [9.17, 15) is 18.0 Å². The van der Waals surface area contributed by atoms with E-state index in [0.29, 0.717) is 15.6 Å². The highest BCUT2D eigenvalue weighted by Crippen LogP contribution is 2.26. The topological polar surface area (TPSA) is 89.5 Å². The molecule has 1 N–H and O–H groups in total. The minimum atomic E-state index is -3.36. The van der Waals surface area contributed by atoms with Crippen LogP contribution in [-0.2, 0) is 19.4 Å². The first kappa shape index (κ1) is 22.2. The zero-order chi connectivity index (χ0) is 21.1. The number of halogens is 2. The van der Waals surface area contributed by atoms with Crippen LogP contribution in [0.4, 0.5) is 0 Å². The van der Waals surface area contributed by atoms with Crippen molar-refractivity contribution in [2.45, 2.75) is 30.9 Å². The van der Waals surface area contributed by atoms with Crippen molar-refractivity contribution in [2.24, 2.45) is 0 Å². The Morgan fingerprint density at radius 3 is 2.18 bits per heavy atom. The van der Waals surface area contributed by atoms with E-state index in [1.165, 1.54) is 31.2 Å². The SMILES string of the molecule is C[C@H](NC(=O)[C@@H](C)OC(=O)c1ccc(S(C)(=O)=O)cc1)c1ccc(Cl)cc1Cl. The number of carbonyl (C=O) groups is 2. The molecule has 1 amide bonds. The molecule has 6 nitrogen and oxygen atoms in total. The van der Waals surface area contributed by atoms with E-state index in [0.717, 1.165) is 6.26 Å². The number of hydrogen-bond acceptors (Lipinski definition) is 5. The molecule has 0 saturated heterocycles. The molecule has 0 radical (unpaired) electrons. The maximum absolute atomic E-state index is 12.3. The van der Waals surface area contributed by atoms with Crippen LogP contribution >= 0.6 is 23.2 Å². The van der Waals surface area contributed by atoms with Crippen LogP contribution in [0.25, 0.3) is 0 Å². The van der Waals surface area contributed by atoms with E-state index in [1.807, 2.05) is 0 Å². The number of nitrogens with one attached hydrogen (secondary N) is 1. The summed E-state index contributed by atoms with van der Waals surface area (Å²) < 4.78 is 28.1. The van der Waals surface area contributed by atoms with Gasteiger partial charge in [-0.3, -0.25) is 4.79 Å². The first-order chi connectivity index (χ1) is 13.0. The summed E-state index contributed by atoms with van der Waals surface area (Å²) in [6.45, 7) is 3.18. The van der Waals surface area contributed by atoms with Gasteiger partial charge in [-0.15, -0.1) is 0 Å². The van der Waals surface area contributed by atoms with Crippen molar-refractivity contribution in [3.8, 4) is 0 Å². The van der Waals surface area contributed by atoms with Crippen LogP contribution in [0.5, 0.6) is 0 Å². The van der Waals surface area contributed by atoms with Crippen molar-refractivity contribution in [2.75, 3.05) is 6.26 Å². The van der Waals surface area contributed by atoms with Gasteiger partial charge in [-0.2, -0.15) is 0 Å². The molecule has 28 heavy (non-hydrogen) atoms. The molecule has 0 heterocycles.